The molecule has 0 aliphatic carbocycles. The van der Waals surface area contributed by atoms with Crippen molar-refractivity contribution in [2.24, 2.45) is 0 Å². The Morgan fingerprint density at radius 3 is 2.17 bits per heavy atom. The van der Waals surface area contributed by atoms with Crippen LogP contribution in [0.5, 0.6) is 0 Å². The van der Waals surface area contributed by atoms with Gasteiger partial charge in [0.2, 0.25) is 0 Å². The monoisotopic (exact) mass is 428 g/mol. The highest BCUT2D eigenvalue weighted by Crippen LogP contribution is 2.29. The van der Waals surface area contributed by atoms with Crippen LogP contribution in [0, 0.1) is 0 Å². The van der Waals surface area contributed by atoms with Crippen LogP contribution in [0.4, 0.5) is 4.79 Å². The number of imide groups is 1. The van der Waals surface area contributed by atoms with E-state index in [0.717, 1.165) is 29.6 Å². The Bertz CT molecular complexity index is 1090. The second kappa shape index (κ2) is 8.02. The summed E-state index contributed by atoms with van der Waals surface area (Å²) in [7, 11) is -3.38. The Morgan fingerprint density at radius 1 is 1.03 bits per heavy atom. The first-order valence-corrected chi connectivity index (χ1v) is 11.5. The summed E-state index contributed by atoms with van der Waals surface area (Å²) in [4.78, 5) is 39.1. The summed E-state index contributed by atoms with van der Waals surface area (Å²) < 4.78 is 23.3. The summed E-state index contributed by atoms with van der Waals surface area (Å²) in [5.41, 5.74) is 0.612. The summed E-state index contributed by atoms with van der Waals surface area (Å²) >= 11 is 0. The van der Waals surface area contributed by atoms with E-state index in [4.69, 9.17) is 0 Å². The lowest BCUT2D eigenvalue weighted by Crippen LogP contribution is -2.41. The predicted octanol–water partition coefficient (Wildman–Crippen LogP) is 2.69. The van der Waals surface area contributed by atoms with Crippen LogP contribution in [-0.4, -0.2) is 43.8 Å². The van der Waals surface area contributed by atoms with Gasteiger partial charge < -0.3 is 5.32 Å². The van der Waals surface area contributed by atoms with Gasteiger partial charge in [0.25, 0.3) is 5.91 Å². The molecule has 1 atom stereocenters. The van der Waals surface area contributed by atoms with Crippen molar-refractivity contribution in [1.29, 1.82) is 0 Å². The van der Waals surface area contributed by atoms with Crippen LogP contribution in [0.2, 0.25) is 0 Å². The van der Waals surface area contributed by atoms with Crippen LogP contribution >= 0.6 is 0 Å². The van der Waals surface area contributed by atoms with Gasteiger partial charge in [-0.3, -0.25) is 14.5 Å². The van der Waals surface area contributed by atoms with Gasteiger partial charge in [-0.2, -0.15) is 0 Å². The number of amides is 3. The fourth-order valence-corrected chi connectivity index (χ4v) is 4.08. The number of aryl methyl sites for hydroxylation is 1. The van der Waals surface area contributed by atoms with E-state index < -0.39 is 27.3 Å². The lowest BCUT2D eigenvalue weighted by Gasteiger charge is -2.22. The number of ketones is 1. The molecule has 158 valence electrons. The lowest BCUT2D eigenvalue weighted by atomic mass is 9.92. The van der Waals surface area contributed by atoms with Crippen LogP contribution < -0.4 is 5.32 Å². The third-order valence-electron chi connectivity index (χ3n) is 5.25. The number of benzene rings is 2. The molecular formula is C22H24N2O5S. The van der Waals surface area contributed by atoms with Crippen LogP contribution in [0.3, 0.4) is 0 Å². The number of sulfone groups is 1. The molecule has 1 heterocycles. The second-order valence-corrected chi connectivity index (χ2v) is 9.63. The Hall–Kier alpha value is -3.00. The molecule has 3 rings (SSSR count). The molecule has 1 N–H and O–H groups in total. The molecule has 1 aliphatic rings. The van der Waals surface area contributed by atoms with Crippen molar-refractivity contribution in [1.82, 2.24) is 10.2 Å². The van der Waals surface area contributed by atoms with Crippen LogP contribution in [-0.2, 0) is 26.6 Å². The minimum Gasteiger partial charge on any atom is -0.319 e. The molecule has 3 amide bonds. The summed E-state index contributed by atoms with van der Waals surface area (Å²) in [5, 5.41) is 2.62. The highest BCUT2D eigenvalue weighted by atomic mass is 32.2. The maximum Gasteiger partial charge on any atom is 0.325 e. The second-order valence-electron chi connectivity index (χ2n) is 7.61. The number of nitrogens with zero attached hydrogens (tertiary/aromatic N) is 1. The quantitative estimate of drug-likeness (QED) is 0.540. The van der Waals surface area contributed by atoms with Crippen molar-refractivity contribution >= 4 is 27.6 Å². The van der Waals surface area contributed by atoms with Crippen molar-refractivity contribution in [3.8, 4) is 0 Å². The molecular weight excluding hydrogens is 404 g/mol. The average Bonchev–Trinajstić information content (AvgIpc) is 2.92. The van der Waals surface area contributed by atoms with E-state index in [1.165, 1.54) is 31.2 Å². The third kappa shape index (κ3) is 4.14. The fourth-order valence-electron chi connectivity index (χ4n) is 3.45. The van der Waals surface area contributed by atoms with Gasteiger partial charge >= 0.3 is 6.03 Å². The van der Waals surface area contributed by atoms with Crippen LogP contribution in [0.15, 0.2) is 53.4 Å². The number of nitrogens with one attached hydrogen (secondary N) is 1. The average molecular weight is 429 g/mol. The Labute approximate surface area is 176 Å². The Kier molecular flexibility index (Phi) is 5.81. The number of carbonyl (C=O) groups excluding carboxylic acids is 3. The first-order chi connectivity index (χ1) is 14.1. The van der Waals surface area contributed by atoms with Crippen molar-refractivity contribution in [2.45, 2.75) is 37.1 Å². The molecule has 0 aromatic heterocycles. The minimum atomic E-state index is -3.38. The van der Waals surface area contributed by atoms with E-state index in [1.54, 1.807) is 12.1 Å². The van der Waals surface area contributed by atoms with E-state index in [1.807, 2.05) is 12.1 Å². The number of hydrogen-bond donors (Lipinski definition) is 1. The highest BCUT2D eigenvalue weighted by Gasteiger charge is 2.49. The van der Waals surface area contributed by atoms with Gasteiger partial charge in [-0.1, -0.05) is 49.7 Å². The van der Waals surface area contributed by atoms with Crippen molar-refractivity contribution in [3.63, 3.8) is 0 Å². The van der Waals surface area contributed by atoms with Crippen LogP contribution in [0.25, 0.3) is 0 Å². The predicted molar refractivity (Wildman–Crippen MR) is 112 cm³/mol. The van der Waals surface area contributed by atoms with Crippen LogP contribution in [0.1, 0.15) is 41.8 Å². The van der Waals surface area contributed by atoms with Gasteiger partial charge in [0.1, 0.15) is 5.54 Å². The molecule has 1 fully saturated rings. The van der Waals surface area contributed by atoms with Gasteiger partial charge in [0.05, 0.1) is 11.4 Å². The van der Waals surface area contributed by atoms with Gasteiger partial charge in [0, 0.05) is 11.8 Å². The third-order valence-corrected chi connectivity index (χ3v) is 6.38. The van der Waals surface area contributed by atoms with E-state index >= 15 is 0 Å². The molecule has 8 heteroatoms. The fraction of sp³-hybridized carbons (Fsp3) is 0.318. The lowest BCUT2D eigenvalue weighted by molar-refractivity contribution is -0.130. The number of rotatable bonds is 7. The first-order valence-electron chi connectivity index (χ1n) is 9.63. The maximum atomic E-state index is 13.0. The summed E-state index contributed by atoms with van der Waals surface area (Å²) in [6.45, 7) is 3.24. The van der Waals surface area contributed by atoms with Gasteiger partial charge in [-0.05, 0) is 36.6 Å². The molecule has 0 spiro atoms. The minimum absolute atomic E-state index is 0.116. The van der Waals surface area contributed by atoms with Crippen molar-refractivity contribution in [2.75, 3.05) is 12.8 Å². The normalized spacial score (nSPS) is 19.1. The van der Waals surface area contributed by atoms with Crippen molar-refractivity contribution in [3.05, 3.63) is 65.2 Å². The number of Topliss-reactive ketones (excluding diaryl/α,β-unsaturated/α-hetero) is 1. The van der Waals surface area contributed by atoms with E-state index in [0.29, 0.717) is 11.1 Å². The summed E-state index contributed by atoms with van der Waals surface area (Å²) in [6.07, 6.45) is 3.01. The molecule has 0 bridgehead atoms. The van der Waals surface area contributed by atoms with E-state index in [2.05, 4.69) is 12.2 Å². The largest absolute Gasteiger partial charge is 0.325 e. The smallest absolute Gasteiger partial charge is 0.319 e. The Morgan fingerprint density at radius 2 is 1.63 bits per heavy atom. The highest BCUT2D eigenvalue weighted by molar-refractivity contribution is 7.90. The first kappa shape index (κ1) is 21.7. The molecule has 2 aromatic carbocycles. The molecule has 1 saturated heterocycles. The van der Waals surface area contributed by atoms with E-state index in [-0.39, 0.29) is 17.2 Å². The molecule has 30 heavy (non-hydrogen) atoms. The summed E-state index contributed by atoms with van der Waals surface area (Å²) in [5.74, 6) is -0.895. The zero-order valence-corrected chi connectivity index (χ0v) is 18.0. The molecule has 2 aromatic rings. The Balaban J connectivity index is 1.79. The molecule has 1 aliphatic heterocycles. The van der Waals surface area contributed by atoms with Gasteiger partial charge in [-0.25, -0.2) is 13.2 Å². The van der Waals surface area contributed by atoms with Gasteiger partial charge in [0.15, 0.2) is 15.6 Å². The molecule has 0 radical (unpaired) electrons. The zero-order chi connectivity index (χ0) is 22.1. The number of urea groups is 1. The van der Waals surface area contributed by atoms with E-state index in [9.17, 15) is 22.8 Å². The maximum absolute atomic E-state index is 13.0. The molecule has 0 saturated carbocycles. The zero-order valence-electron chi connectivity index (χ0n) is 17.1. The standard InChI is InChI=1S/C22H24N2O5S/c1-4-5-15-6-8-16(9-7-15)19(25)14-24-20(26)22(2,23-21(24)27)17-10-12-18(13-11-17)30(3,28)29/h6-13H,4-5,14H2,1-3H3,(H,23,27). The SMILES string of the molecule is CCCc1ccc(C(=O)CN2C(=O)NC(C)(c3ccc(S(C)(=O)=O)cc3)C2=O)cc1. The summed E-state index contributed by atoms with van der Waals surface area (Å²) in [6, 6.07) is 12.3. The van der Waals surface area contributed by atoms with Gasteiger partial charge in [-0.15, -0.1) is 0 Å². The topological polar surface area (TPSA) is 101 Å². The molecule has 1 unspecified atom stereocenters. The van der Waals surface area contributed by atoms with Crippen molar-refractivity contribution < 1.29 is 22.8 Å². The number of carbonyl (C=O) groups is 3. The molecule has 7 nitrogen and oxygen atoms in total. The number of hydrogen-bond acceptors (Lipinski definition) is 5.